The SMILES string of the molecule is O=C(N1CC(O)C1)C1(Cc2ccc(-c3cccnc3)cc2)CCOCC1. The lowest BCUT2D eigenvalue weighted by Crippen LogP contribution is -2.59. The van der Waals surface area contributed by atoms with Crippen molar-refractivity contribution in [2.75, 3.05) is 26.3 Å². The van der Waals surface area contributed by atoms with Gasteiger partial charge in [0.05, 0.1) is 11.5 Å². The molecule has 2 aliphatic heterocycles. The topological polar surface area (TPSA) is 62.7 Å². The summed E-state index contributed by atoms with van der Waals surface area (Å²) in [6, 6.07) is 12.4. The van der Waals surface area contributed by atoms with Crippen LogP contribution >= 0.6 is 0 Å². The summed E-state index contributed by atoms with van der Waals surface area (Å²) in [7, 11) is 0. The Morgan fingerprint density at radius 1 is 1.15 bits per heavy atom. The molecule has 136 valence electrons. The van der Waals surface area contributed by atoms with E-state index < -0.39 is 5.41 Å². The molecular weight excluding hydrogens is 328 g/mol. The molecule has 0 bridgehead atoms. The number of ether oxygens (including phenoxy) is 1. The first-order valence-electron chi connectivity index (χ1n) is 9.21. The van der Waals surface area contributed by atoms with Crippen molar-refractivity contribution in [3.8, 4) is 11.1 Å². The number of carbonyl (C=O) groups is 1. The van der Waals surface area contributed by atoms with Gasteiger partial charge in [0.25, 0.3) is 0 Å². The Morgan fingerprint density at radius 3 is 2.50 bits per heavy atom. The van der Waals surface area contributed by atoms with Gasteiger partial charge in [-0.3, -0.25) is 9.78 Å². The van der Waals surface area contributed by atoms with Gasteiger partial charge in [-0.15, -0.1) is 0 Å². The van der Waals surface area contributed by atoms with Gasteiger partial charge < -0.3 is 14.7 Å². The fourth-order valence-electron chi connectivity index (χ4n) is 3.92. The van der Waals surface area contributed by atoms with E-state index in [0.717, 1.165) is 36.0 Å². The summed E-state index contributed by atoms with van der Waals surface area (Å²) < 4.78 is 5.52. The van der Waals surface area contributed by atoms with E-state index in [4.69, 9.17) is 4.74 Å². The third-order valence-electron chi connectivity index (χ3n) is 5.54. The van der Waals surface area contributed by atoms with Crippen LogP contribution in [-0.2, 0) is 16.0 Å². The molecule has 1 aromatic carbocycles. The fraction of sp³-hybridized carbons (Fsp3) is 0.429. The summed E-state index contributed by atoms with van der Waals surface area (Å²) in [5.74, 6) is 0.169. The molecule has 0 radical (unpaired) electrons. The normalized spacial score (nSPS) is 19.8. The number of pyridine rings is 1. The van der Waals surface area contributed by atoms with Gasteiger partial charge in [-0.25, -0.2) is 0 Å². The third kappa shape index (κ3) is 3.37. The van der Waals surface area contributed by atoms with Crippen LogP contribution < -0.4 is 0 Å². The van der Waals surface area contributed by atoms with E-state index in [1.165, 1.54) is 0 Å². The molecule has 2 saturated heterocycles. The number of hydrogen-bond donors (Lipinski definition) is 1. The summed E-state index contributed by atoms with van der Waals surface area (Å²) in [5, 5.41) is 9.55. The number of rotatable bonds is 4. The van der Waals surface area contributed by atoms with Crippen molar-refractivity contribution < 1.29 is 14.6 Å². The predicted octanol–water partition coefficient (Wildman–Crippen LogP) is 2.29. The van der Waals surface area contributed by atoms with Gasteiger partial charge in [0.15, 0.2) is 0 Å². The van der Waals surface area contributed by atoms with E-state index in [1.54, 1.807) is 11.1 Å². The number of hydrogen-bond acceptors (Lipinski definition) is 4. The Hall–Kier alpha value is -2.24. The van der Waals surface area contributed by atoms with Crippen molar-refractivity contribution in [3.05, 3.63) is 54.4 Å². The smallest absolute Gasteiger partial charge is 0.229 e. The van der Waals surface area contributed by atoms with Crippen molar-refractivity contribution in [1.29, 1.82) is 0 Å². The van der Waals surface area contributed by atoms with E-state index in [-0.39, 0.29) is 12.0 Å². The molecule has 4 rings (SSSR count). The first-order valence-corrected chi connectivity index (χ1v) is 9.21. The highest BCUT2D eigenvalue weighted by Crippen LogP contribution is 2.38. The Kier molecular flexibility index (Phi) is 4.74. The molecule has 5 heteroatoms. The summed E-state index contributed by atoms with van der Waals surface area (Å²) in [5.41, 5.74) is 2.97. The molecule has 0 saturated carbocycles. The number of nitrogens with zero attached hydrogens (tertiary/aromatic N) is 2. The lowest BCUT2D eigenvalue weighted by molar-refractivity contribution is -0.158. The lowest BCUT2D eigenvalue weighted by Gasteiger charge is -2.45. The van der Waals surface area contributed by atoms with E-state index in [1.807, 2.05) is 18.3 Å². The van der Waals surface area contributed by atoms with Crippen LogP contribution in [0.2, 0.25) is 0 Å². The number of amides is 1. The van der Waals surface area contributed by atoms with Crippen LogP contribution in [0.3, 0.4) is 0 Å². The second-order valence-corrected chi connectivity index (χ2v) is 7.37. The Balaban J connectivity index is 1.53. The van der Waals surface area contributed by atoms with Crippen LogP contribution in [0.15, 0.2) is 48.8 Å². The van der Waals surface area contributed by atoms with Crippen LogP contribution in [0.25, 0.3) is 11.1 Å². The molecule has 1 amide bonds. The monoisotopic (exact) mass is 352 g/mol. The number of aromatic nitrogens is 1. The van der Waals surface area contributed by atoms with Gasteiger partial charge in [-0.05, 0) is 42.0 Å². The first kappa shape index (κ1) is 17.2. The minimum absolute atomic E-state index is 0.169. The van der Waals surface area contributed by atoms with Crippen molar-refractivity contribution >= 4 is 5.91 Å². The minimum Gasteiger partial charge on any atom is -0.389 e. The fourth-order valence-corrected chi connectivity index (χ4v) is 3.92. The summed E-state index contributed by atoms with van der Waals surface area (Å²) in [4.78, 5) is 19.1. The van der Waals surface area contributed by atoms with Gasteiger partial charge in [-0.1, -0.05) is 30.3 Å². The molecule has 26 heavy (non-hydrogen) atoms. The van der Waals surface area contributed by atoms with E-state index in [0.29, 0.717) is 26.3 Å². The average molecular weight is 352 g/mol. The van der Waals surface area contributed by atoms with Crippen LogP contribution in [0, 0.1) is 5.41 Å². The van der Waals surface area contributed by atoms with Crippen molar-refractivity contribution in [2.45, 2.75) is 25.4 Å². The molecule has 1 N–H and O–H groups in total. The zero-order chi connectivity index (χ0) is 18.0. The molecule has 2 fully saturated rings. The van der Waals surface area contributed by atoms with Crippen LogP contribution in [0.1, 0.15) is 18.4 Å². The number of aliphatic hydroxyl groups is 1. The third-order valence-corrected chi connectivity index (χ3v) is 5.54. The van der Waals surface area contributed by atoms with Crippen molar-refractivity contribution in [3.63, 3.8) is 0 Å². The number of carbonyl (C=O) groups excluding carboxylic acids is 1. The Labute approximate surface area is 153 Å². The molecule has 2 aliphatic rings. The molecule has 3 heterocycles. The van der Waals surface area contributed by atoms with Crippen molar-refractivity contribution in [1.82, 2.24) is 9.88 Å². The Morgan fingerprint density at radius 2 is 1.88 bits per heavy atom. The van der Waals surface area contributed by atoms with Crippen molar-refractivity contribution in [2.24, 2.45) is 5.41 Å². The van der Waals surface area contributed by atoms with Crippen LogP contribution in [0.4, 0.5) is 0 Å². The molecule has 0 unspecified atom stereocenters. The van der Waals surface area contributed by atoms with Crippen LogP contribution in [0.5, 0.6) is 0 Å². The molecule has 5 nitrogen and oxygen atoms in total. The molecule has 1 aromatic heterocycles. The van der Waals surface area contributed by atoms with Crippen LogP contribution in [-0.4, -0.2) is 53.3 Å². The molecule has 2 aromatic rings. The maximum absolute atomic E-state index is 13.1. The van der Waals surface area contributed by atoms with Gasteiger partial charge in [0, 0.05) is 38.7 Å². The second kappa shape index (κ2) is 7.17. The number of aliphatic hydroxyl groups excluding tert-OH is 1. The largest absolute Gasteiger partial charge is 0.389 e. The number of β-amino-alcohol motifs (C(OH)–C–C–N with tert-alkyl or cyclic N) is 1. The zero-order valence-corrected chi connectivity index (χ0v) is 14.8. The van der Waals surface area contributed by atoms with E-state index >= 15 is 0 Å². The second-order valence-electron chi connectivity index (χ2n) is 7.37. The molecule has 0 spiro atoms. The minimum atomic E-state index is -0.409. The summed E-state index contributed by atoms with van der Waals surface area (Å²) in [6.45, 7) is 2.16. The highest BCUT2D eigenvalue weighted by atomic mass is 16.5. The van der Waals surface area contributed by atoms with Gasteiger partial charge in [0.2, 0.25) is 5.91 Å². The lowest BCUT2D eigenvalue weighted by atomic mass is 9.73. The Bertz CT molecular complexity index is 749. The highest BCUT2D eigenvalue weighted by molar-refractivity contribution is 5.84. The van der Waals surface area contributed by atoms with Gasteiger partial charge in [-0.2, -0.15) is 0 Å². The highest BCUT2D eigenvalue weighted by Gasteiger charge is 2.45. The van der Waals surface area contributed by atoms with E-state index in [2.05, 4.69) is 29.2 Å². The number of likely N-dealkylation sites (tertiary alicyclic amines) is 1. The standard InChI is InChI=1S/C21H24N2O3/c24-19-14-23(15-19)20(25)21(7-10-26-11-8-21)12-16-3-5-17(6-4-16)18-2-1-9-22-13-18/h1-6,9,13,19,24H,7-8,10-12,14-15H2. The van der Waals surface area contributed by atoms with E-state index in [9.17, 15) is 9.90 Å². The van der Waals surface area contributed by atoms with Gasteiger partial charge in [0.1, 0.15) is 0 Å². The quantitative estimate of drug-likeness (QED) is 0.917. The first-order chi connectivity index (χ1) is 12.7. The zero-order valence-electron chi connectivity index (χ0n) is 14.8. The average Bonchev–Trinajstić information content (AvgIpc) is 2.67. The molecule has 0 aliphatic carbocycles. The van der Waals surface area contributed by atoms with Gasteiger partial charge >= 0.3 is 0 Å². The maximum Gasteiger partial charge on any atom is 0.229 e. The summed E-state index contributed by atoms with van der Waals surface area (Å²) >= 11 is 0. The predicted molar refractivity (Wildman–Crippen MR) is 98.4 cm³/mol. The maximum atomic E-state index is 13.1. The number of benzene rings is 1. The molecular formula is C21H24N2O3. The molecule has 0 atom stereocenters. The summed E-state index contributed by atoms with van der Waals surface area (Å²) in [6.07, 6.45) is 5.45.